The molecule has 106 valence electrons. The van der Waals surface area contributed by atoms with Gasteiger partial charge in [-0.2, -0.15) is 0 Å². The number of ether oxygens (including phenoxy) is 1. The lowest BCUT2D eigenvalue weighted by molar-refractivity contribution is 0.266. The minimum atomic E-state index is -3.72. The summed E-state index contributed by atoms with van der Waals surface area (Å²) in [4.78, 5) is 0.148. The van der Waals surface area contributed by atoms with Crippen LogP contribution in [0.25, 0.3) is 0 Å². The minimum absolute atomic E-state index is 0.133. The molecule has 2 N–H and O–H groups in total. The summed E-state index contributed by atoms with van der Waals surface area (Å²) in [5.74, 6) is 0.806. The Morgan fingerprint density at radius 3 is 2.32 bits per heavy atom. The number of nitrogens with two attached hydrogens (primary N) is 1. The normalized spacial score (nSPS) is 13.4. The zero-order valence-electron chi connectivity index (χ0n) is 11.8. The zero-order chi connectivity index (χ0) is 14.8. The Hall–Kier alpha value is -1.33. The van der Waals surface area contributed by atoms with Gasteiger partial charge in [-0.1, -0.05) is 26.5 Å². The molecule has 0 aromatic heterocycles. The van der Waals surface area contributed by atoms with Gasteiger partial charge in [-0.25, -0.2) is 13.6 Å². The van der Waals surface area contributed by atoms with Crippen LogP contribution in [-0.2, 0) is 10.0 Å². The van der Waals surface area contributed by atoms with Crippen molar-refractivity contribution in [3.05, 3.63) is 35.9 Å². The highest BCUT2D eigenvalue weighted by Crippen LogP contribution is 2.32. The molecule has 1 atom stereocenters. The van der Waals surface area contributed by atoms with Gasteiger partial charge in [0.2, 0.25) is 10.0 Å². The second-order valence-electron chi connectivity index (χ2n) is 4.91. The predicted octanol–water partition coefficient (Wildman–Crippen LogP) is 2.72. The Morgan fingerprint density at radius 2 is 1.89 bits per heavy atom. The standard InChI is InChI=1S/C14H21NO3S/c1-6-11(5)18-13-7-10(4)14(19(15,16)17)8-12(13)9(2)3/h6-9,11H,1H2,2-5H3,(H2,15,16,17). The molecule has 5 heteroatoms. The van der Waals surface area contributed by atoms with Gasteiger partial charge < -0.3 is 4.74 Å². The van der Waals surface area contributed by atoms with Crippen LogP contribution in [0.15, 0.2) is 29.7 Å². The van der Waals surface area contributed by atoms with Gasteiger partial charge in [0.1, 0.15) is 11.9 Å². The summed E-state index contributed by atoms with van der Waals surface area (Å²) < 4.78 is 28.8. The first kappa shape index (κ1) is 15.7. The molecule has 0 fully saturated rings. The summed E-state index contributed by atoms with van der Waals surface area (Å²) in [6.07, 6.45) is 1.55. The van der Waals surface area contributed by atoms with Gasteiger partial charge in [0, 0.05) is 0 Å². The van der Waals surface area contributed by atoms with Crippen LogP contribution in [0, 0.1) is 6.92 Å². The molecule has 0 aliphatic rings. The van der Waals surface area contributed by atoms with Crippen molar-refractivity contribution >= 4 is 10.0 Å². The molecular weight excluding hydrogens is 262 g/mol. The van der Waals surface area contributed by atoms with Crippen LogP contribution in [0.1, 0.15) is 37.8 Å². The fourth-order valence-electron chi connectivity index (χ4n) is 1.79. The van der Waals surface area contributed by atoms with E-state index in [1.807, 2.05) is 20.8 Å². The maximum absolute atomic E-state index is 11.5. The van der Waals surface area contributed by atoms with E-state index < -0.39 is 10.0 Å². The van der Waals surface area contributed by atoms with E-state index in [0.717, 1.165) is 5.56 Å². The van der Waals surface area contributed by atoms with Crippen molar-refractivity contribution in [2.24, 2.45) is 5.14 Å². The Morgan fingerprint density at radius 1 is 1.32 bits per heavy atom. The number of sulfonamides is 1. The number of primary sulfonamides is 1. The van der Waals surface area contributed by atoms with Crippen molar-refractivity contribution in [2.75, 3.05) is 0 Å². The van der Waals surface area contributed by atoms with Crippen LogP contribution >= 0.6 is 0 Å². The topological polar surface area (TPSA) is 69.4 Å². The number of hydrogen-bond donors (Lipinski definition) is 1. The zero-order valence-corrected chi connectivity index (χ0v) is 12.6. The molecule has 0 saturated carbocycles. The Balaban J connectivity index is 3.42. The molecule has 1 aromatic rings. The fourth-order valence-corrected chi connectivity index (χ4v) is 2.58. The summed E-state index contributed by atoms with van der Waals surface area (Å²) in [6.45, 7) is 11.2. The van der Waals surface area contributed by atoms with E-state index in [0.29, 0.717) is 11.3 Å². The molecule has 1 aromatic carbocycles. The largest absolute Gasteiger partial charge is 0.486 e. The van der Waals surface area contributed by atoms with E-state index in [9.17, 15) is 8.42 Å². The molecule has 0 aliphatic heterocycles. The summed E-state index contributed by atoms with van der Waals surface area (Å²) in [5, 5.41) is 5.22. The second kappa shape index (κ2) is 5.75. The molecule has 19 heavy (non-hydrogen) atoms. The first-order valence-corrected chi connectivity index (χ1v) is 7.68. The van der Waals surface area contributed by atoms with E-state index in [2.05, 4.69) is 6.58 Å². The van der Waals surface area contributed by atoms with Crippen molar-refractivity contribution in [1.82, 2.24) is 0 Å². The molecule has 0 amide bonds. The van der Waals surface area contributed by atoms with E-state index >= 15 is 0 Å². The lowest BCUT2D eigenvalue weighted by Crippen LogP contribution is -2.16. The Kier molecular flexibility index (Phi) is 4.76. The number of benzene rings is 1. The van der Waals surface area contributed by atoms with Gasteiger partial charge in [0.25, 0.3) is 0 Å². The third-order valence-corrected chi connectivity index (χ3v) is 3.93. The summed E-state index contributed by atoms with van der Waals surface area (Å²) in [7, 11) is -3.72. The number of aryl methyl sites for hydroxylation is 1. The van der Waals surface area contributed by atoms with Crippen LogP contribution in [0.5, 0.6) is 5.75 Å². The fraction of sp³-hybridized carbons (Fsp3) is 0.429. The van der Waals surface area contributed by atoms with Crippen LogP contribution < -0.4 is 9.88 Å². The Bertz CT molecular complexity index is 577. The monoisotopic (exact) mass is 283 g/mol. The molecule has 0 aliphatic carbocycles. The molecule has 4 nitrogen and oxygen atoms in total. The molecule has 0 spiro atoms. The summed E-state index contributed by atoms with van der Waals surface area (Å²) >= 11 is 0. The smallest absolute Gasteiger partial charge is 0.238 e. The third kappa shape index (κ3) is 3.81. The molecular formula is C14H21NO3S. The second-order valence-corrected chi connectivity index (χ2v) is 6.44. The van der Waals surface area contributed by atoms with Crippen molar-refractivity contribution < 1.29 is 13.2 Å². The number of rotatable bonds is 5. The van der Waals surface area contributed by atoms with Crippen LogP contribution in [0.4, 0.5) is 0 Å². The lowest BCUT2D eigenvalue weighted by atomic mass is 10.0. The first-order chi connectivity index (χ1) is 8.66. The Labute approximate surface area is 115 Å². The molecule has 1 rings (SSSR count). The van der Waals surface area contributed by atoms with Gasteiger partial charge >= 0.3 is 0 Å². The van der Waals surface area contributed by atoms with Crippen LogP contribution in [0.2, 0.25) is 0 Å². The molecule has 0 radical (unpaired) electrons. The van der Waals surface area contributed by atoms with Gasteiger partial charge in [-0.15, -0.1) is 0 Å². The SMILES string of the molecule is C=CC(C)Oc1cc(C)c(S(N)(=O)=O)cc1C(C)C. The van der Waals surface area contributed by atoms with Gasteiger partial charge in [-0.05, 0) is 43.0 Å². The average Bonchev–Trinajstić information content (AvgIpc) is 2.26. The van der Waals surface area contributed by atoms with Crippen molar-refractivity contribution in [1.29, 1.82) is 0 Å². The predicted molar refractivity (Wildman–Crippen MR) is 76.9 cm³/mol. The maximum atomic E-state index is 11.5. The van der Waals surface area contributed by atoms with Crippen LogP contribution in [-0.4, -0.2) is 14.5 Å². The number of hydrogen-bond acceptors (Lipinski definition) is 3. The first-order valence-electron chi connectivity index (χ1n) is 6.13. The highest BCUT2D eigenvalue weighted by Gasteiger charge is 2.18. The summed E-state index contributed by atoms with van der Waals surface area (Å²) in [5.41, 5.74) is 1.40. The van der Waals surface area contributed by atoms with Crippen molar-refractivity contribution in [3.8, 4) is 5.75 Å². The van der Waals surface area contributed by atoms with E-state index in [1.165, 1.54) is 0 Å². The highest BCUT2D eigenvalue weighted by atomic mass is 32.2. The van der Waals surface area contributed by atoms with Crippen molar-refractivity contribution in [2.45, 2.75) is 44.6 Å². The van der Waals surface area contributed by atoms with Crippen LogP contribution in [0.3, 0.4) is 0 Å². The third-order valence-electron chi connectivity index (χ3n) is 2.88. The molecule has 0 saturated heterocycles. The van der Waals surface area contributed by atoms with Crippen molar-refractivity contribution in [3.63, 3.8) is 0 Å². The molecule has 0 bridgehead atoms. The highest BCUT2D eigenvalue weighted by molar-refractivity contribution is 7.89. The van der Waals surface area contributed by atoms with Gasteiger partial charge in [0.15, 0.2) is 0 Å². The van der Waals surface area contributed by atoms with E-state index in [-0.39, 0.29) is 16.9 Å². The lowest BCUT2D eigenvalue weighted by Gasteiger charge is -2.19. The quantitative estimate of drug-likeness (QED) is 0.845. The molecule has 1 unspecified atom stereocenters. The van der Waals surface area contributed by atoms with E-state index in [4.69, 9.17) is 9.88 Å². The van der Waals surface area contributed by atoms with Gasteiger partial charge in [-0.3, -0.25) is 0 Å². The van der Waals surface area contributed by atoms with Gasteiger partial charge in [0.05, 0.1) is 4.90 Å². The molecule has 0 heterocycles. The average molecular weight is 283 g/mol. The minimum Gasteiger partial charge on any atom is -0.486 e. The summed E-state index contributed by atoms with van der Waals surface area (Å²) in [6, 6.07) is 3.32. The van der Waals surface area contributed by atoms with E-state index in [1.54, 1.807) is 25.1 Å². The maximum Gasteiger partial charge on any atom is 0.238 e.